The Morgan fingerprint density at radius 1 is 1.18 bits per heavy atom. The van der Waals surface area contributed by atoms with Gasteiger partial charge in [-0.25, -0.2) is 4.98 Å². The van der Waals surface area contributed by atoms with Crippen molar-refractivity contribution in [3.8, 4) is 21.8 Å². The molecule has 0 bridgehead atoms. The Kier molecular flexibility index (Phi) is 4.47. The summed E-state index contributed by atoms with van der Waals surface area (Å²) in [6.45, 7) is 5.51. The molecule has 0 unspecified atom stereocenters. The second kappa shape index (κ2) is 6.83. The highest BCUT2D eigenvalue weighted by Crippen LogP contribution is 2.32. The number of thiazole rings is 1. The number of benzene rings is 1. The molecule has 2 aromatic heterocycles. The Labute approximate surface area is 166 Å². The van der Waals surface area contributed by atoms with Crippen LogP contribution in [0.1, 0.15) is 26.3 Å². The highest BCUT2D eigenvalue weighted by Gasteiger charge is 2.24. The molecule has 3 heterocycles. The summed E-state index contributed by atoms with van der Waals surface area (Å²) in [4.78, 5) is 28.4. The Balaban J connectivity index is 1.54. The van der Waals surface area contributed by atoms with E-state index >= 15 is 0 Å². The fourth-order valence-electron chi connectivity index (χ4n) is 2.93. The van der Waals surface area contributed by atoms with Crippen molar-refractivity contribution in [2.24, 2.45) is 0 Å². The number of hydrogen-bond donors (Lipinski definition) is 1. The second-order valence-corrected chi connectivity index (χ2v) is 8.47. The van der Waals surface area contributed by atoms with Crippen molar-refractivity contribution in [3.05, 3.63) is 53.7 Å². The Morgan fingerprint density at radius 2 is 1.93 bits per heavy atom. The molecular weight excluding hydrogens is 374 g/mol. The van der Waals surface area contributed by atoms with Gasteiger partial charge in [0, 0.05) is 34.3 Å². The second-order valence-electron chi connectivity index (χ2n) is 7.61. The lowest BCUT2D eigenvalue weighted by Crippen LogP contribution is -2.45. The molecule has 3 aromatic rings. The largest absolute Gasteiger partial charge is 0.602 e. The maximum Gasteiger partial charge on any atom is 0.602 e. The highest BCUT2D eigenvalue weighted by molar-refractivity contribution is 7.13. The van der Waals surface area contributed by atoms with Crippen LogP contribution in [0.2, 0.25) is 0 Å². The van der Waals surface area contributed by atoms with Gasteiger partial charge in [0.1, 0.15) is 10.6 Å². The SMILES string of the molecule is CC(C)(C)OC(=O)[n+]1ccc(-c2nc(-c3ccc4c(c3)CC(=O)N4)cs2)cc1. The zero-order chi connectivity index (χ0) is 19.9. The fourth-order valence-corrected chi connectivity index (χ4v) is 3.77. The van der Waals surface area contributed by atoms with Gasteiger partial charge >= 0.3 is 6.09 Å². The molecule has 1 aliphatic rings. The van der Waals surface area contributed by atoms with E-state index in [0.29, 0.717) is 6.42 Å². The average molecular weight is 394 g/mol. The maximum absolute atomic E-state index is 12.1. The number of ether oxygens (including phenoxy) is 1. The minimum atomic E-state index is -0.539. The Morgan fingerprint density at radius 3 is 2.64 bits per heavy atom. The molecule has 6 nitrogen and oxygen atoms in total. The van der Waals surface area contributed by atoms with E-state index in [-0.39, 0.29) is 5.91 Å². The number of pyridine rings is 1. The van der Waals surface area contributed by atoms with Gasteiger partial charge < -0.3 is 10.1 Å². The first-order valence-electron chi connectivity index (χ1n) is 8.92. The van der Waals surface area contributed by atoms with Gasteiger partial charge in [0.2, 0.25) is 5.91 Å². The minimum absolute atomic E-state index is 0.0219. The van der Waals surface area contributed by atoms with Gasteiger partial charge in [-0.3, -0.25) is 4.79 Å². The zero-order valence-corrected chi connectivity index (χ0v) is 16.7. The van der Waals surface area contributed by atoms with E-state index in [1.165, 1.54) is 15.9 Å². The van der Waals surface area contributed by atoms with Crippen LogP contribution in [0, 0.1) is 0 Å². The molecule has 0 spiro atoms. The number of fused-ring (bicyclic) bond motifs is 1. The average Bonchev–Trinajstić information content (AvgIpc) is 3.25. The number of nitrogens with one attached hydrogen (secondary N) is 1. The third kappa shape index (κ3) is 3.80. The van der Waals surface area contributed by atoms with Crippen LogP contribution in [0.5, 0.6) is 0 Å². The summed E-state index contributed by atoms with van der Waals surface area (Å²) in [5.41, 5.74) is 4.11. The molecule has 1 N–H and O–H groups in total. The number of anilines is 1. The lowest BCUT2D eigenvalue weighted by molar-refractivity contribution is -0.588. The lowest BCUT2D eigenvalue weighted by atomic mass is 10.1. The molecule has 7 heteroatoms. The number of aromatic nitrogens is 2. The van der Waals surface area contributed by atoms with Crippen LogP contribution < -0.4 is 9.88 Å². The van der Waals surface area contributed by atoms with Crippen molar-refractivity contribution in [1.82, 2.24) is 4.98 Å². The summed E-state index contributed by atoms with van der Waals surface area (Å²) >= 11 is 1.54. The van der Waals surface area contributed by atoms with Gasteiger partial charge in [0.15, 0.2) is 12.4 Å². The topological polar surface area (TPSA) is 72.2 Å². The van der Waals surface area contributed by atoms with Gasteiger partial charge in [-0.1, -0.05) is 10.6 Å². The van der Waals surface area contributed by atoms with Gasteiger partial charge in [0.05, 0.1) is 12.1 Å². The number of hydrogen-bond acceptors (Lipinski definition) is 5. The summed E-state index contributed by atoms with van der Waals surface area (Å²) in [6, 6.07) is 9.58. The number of carbonyl (C=O) groups excluding carboxylic acids is 2. The lowest BCUT2D eigenvalue weighted by Gasteiger charge is -2.15. The molecular formula is C21H20N3O3S+. The van der Waals surface area contributed by atoms with Crippen LogP contribution >= 0.6 is 11.3 Å². The number of carbonyl (C=O) groups is 2. The van der Waals surface area contributed by atoms with Crippen molar-refractivity contribution in [1.29, 1.82) is 0 Å². The van der Waals surface area contributed by atoms with Crippen LogP contribution in [0.4, 0.5) is 10.5 Å². The highest BCUT2D eigenvalue weighted by atomic mass is 32.1. The summed E-state index contributed by atoms with van der Waals surface area (Å²) in [5, 5.41) is 5.70. The van der Waals surface area contributed by atoms with Crippen molar-refractivity contribution < 1.29 is 18.9 Å². The van der Waals surface area contributed by atoms with Crippen molar-refractivity contribution in [2.45, 2.75) is 32.8 Å². The molecule has 0 fully saturated rings. The van der Waals surface area contributed by atoms with Crippen molar-refractivity contribution >= 4 is 29.0 Å². The predicted molar refractivity (Wildman–Crippen MR) is 107 cm³/mol. The number of nitrogens with zero attached hydrogens (tertiary/aromatic N) is 2. The summed E-state index contributed by atoms with van der Waals surface area (Å²) < 4.78 is 6.77. The van der Waals surface area contributed by atoms with Crippen LogP contribution in [-0.2, 0) is 16.0 Å². The molecule has 1 aliphatic heterocycles. The summed E-state index contributed by atoms with van der Waals surface area (Å²) in [7, 11) is 0. The minimum Gasteiger partial charge on any atom is -0.406 e. The van der Waals surface area contributed by atoms with Gasteiger partial charge in [-0.05, 0) is 38.5 Å². The molecule has 0 saturated carbocycles. The van der Waals surface area contributed by atoms with Crippen molar-refractivity contribution in [2.75, 3.05) is 5.32 Å². The molecule has 28 heavy (non-hydrogen) atoms. The predicted octanol–water partition coefficient (Wildman–Crippen LogP) is 4.04. The normalized spacial score (nSPS) is 13.2. The first-order valence-corrected chi connectivity index (χ1v) is 9.80. The molecule has 0 atom stereocenters. The van der Waals surface area contributed by atoms with Crippen LogP contribution in [-0.4, -0.2) is 22.6 Å². The molecule has 1 aromatic carbocycles. The van der Waals surface area contributed by atoms with E-state index in [0.717, 1.165) is 33.1 Å². The van der Waals surface area contributed by atoms with E-state index in [9.17, 15) is 9.59 Å². The van der Waals surface area contributed by atoms with Crippen LogP contribution in [0.25, 0.3) is 21.8 Å². The van der Waals surface area contributed by atoms with Crippen molar-refractivity contribution in [3.63, 3.8) is 0 Å². The molecule has 0 radical (unpaired) electrons. The van der Waals surface area contributed by atoms with Gasteiger partial charge in [-0.2, -0.15) is 4.79 Å². The monoisotopic (exact) mass is 394 g/mol. The molecule has 142 valence electrons. The number of amides is 1. The van der Waals surface area contributed by atoms with Gasteiger partial charge in [-0.15, -0.1) is 11.3 Å². The van der Waals surface area contributed by atoms with E-state index in [1.54, 1.807) is 12.4 Å². The standard InChI is InChI=1S/C21H19N3O3S/c1-21(2,3)27-20(26)24-8-6-13(7-9-24)19-23-17(12-28-19)14-4-5-16-15(10-14)11-18(25)22-16/h4-10,12H,11H2,1-3H3/p+1. The Bertz CT molecular complexity index is 1070. The van der Waals surface area contributed by atoms with Crippen LogP contribution in [0.3, 0.4) is 0 Å². The Hall–Kier alpha value is -3.06. The summed E-state index contributed by atoms with van der Waals surface area (Å²) in [5.74, 6) is 0.0219. The first kappa shape index (κ1) is 18.3. The quantitative estimate of drug-likeness (QED) is 0.666. The van der Waals surface area contributed by atoms with Gasteiger partial charge in [0.25, 0.3) is 0 Å². The van der Waals surface area contributed by atoms with Crippen LogP contribution in [0.15, 0.2) is 48.1 Å². The third-order valence-electron chi connectivity index (χ3n) is 4.21. The maximum atomic E-state index is 12.1. The zero-order valence-electron chi connectivity index (χ0n) is 15.9. The summed E-state index contributed by atoms with van der Waals surface area (Å²) in [6.07, 6.45) is 3.35. The smallest absolute Gasteiger partial charge is 0.406 e. The van der Waals surface area contributed by atoms with E-state index in [4.69, 9.17) is 9.72 Å². The van der Waals surface area contributed by atoms with E-state index in [2.05, 4.69) is 5.32 Å². The van der Waals surface area contributed by atoms with E-state index in [1.807, 2.05) is 56.5 Å². The molecule has 1 amide bonds. The third-order valence-corrected chi connectivity index (χ3v) is 5.10. The fraction of sp³-hybridized carbons (Fsp3) is 0.238. The van der Waals surface area contributed by atoms with E-state index < -0.39 is 11.7 Å². The first-order chi connectivity index (χ1) is 13.3. The number of rotatable bonds is 2. The molecule has 0 saturated heterocycles. The molecule has 0 aliphatic carbocycles. The molecule has 4 rings (SSSR count).